The lowest BCUT2D eigenvalue weighted by molar-refractivity contribution is -0.0313. The van der Waals surface area contributed by atoms with Crippen molar-refractivity contribution >= 4 is 0 Å². The lowest BCUT2D eigenvalue weighted by Gasteiger charge is -2.25. The number of rotatable bonds is 30. The minimum atomic E-state index is 0.469. The summed E-state index contributed by atoms with van der Waals surface area (Å²) in [5.41, 5.74) is 0. The summed E-state index contributed by atoms with van der Waals surface area (Å²) in [4.78, 5) is 0. The van der Waals surface area contributed by atoms with Crippen LogP contribution in [-0.4, -0.2) is 12.2 Å². The zero-order valence-electron chi connectivity index (χ0n) is 26.3. The lowest BCUT2D eigenvalue weighted by atomic mass is 10.0. The summed E-state index contributed by atoms with van der Waals surface area (Å²) in [5.74, 6) is 0. The highest BCUT2D eigenvalue weighted by Crippen LogP contribution is 2.21. The number of unbranched alkanes of at least 4 members (excludes halogenated alkanes) is 16. The Morgan fingerprint density at radius 2 is 0.649 bits per heavy atom. The Kier molecular flexibility index (Phi) is 31.2. The van der Waals surface area contributed by atoms with Crippen LogP contribution in [0.1, 0.15) is 195 Å². The molecule has 0 fully saturated rings. The van der Waals surface area contributed by atoms with Gasteiger partial charge in [0, 0.05) is 0 Å². The predicted molar refractivity (Wildman–Crippen MR) is 170 cm³/mol. The molecule has 0 aromatic rings. The topological polar surface area (TPSA) is 9.23 Å². The van der Waals surface area contributed by atoms with Crippen LogP contribution < -0.4 is 0 Å². The second-order valence-electron chi connectivity index (χ2n) is 11.6. The third-order valence-corrected chi connectivity index (χ3v) is 7.72. The van der Waals surface area contributed by atoms with Crippen molar-refractivity contribution in [1.82, 2.24) is 0 Å². The molecule has 0 aromatic heterocycles. The number of ether oxygens (including phenoxy) is 1. The summed E-state index contributed by atoms with van der Waals surface area (Å²) in [6.07, 6.45) is 45.2. The fourth-order valence-electron chi connectivity index (χ4n) is 5.18. The van der Waals surface area contributed by atoms with Crippen molar-refractivity contribution in [2.24, 2.45) is 0 Å². The molecule has 0 saturated carbocycles. The van der Waals surface area contributed by atoms with E-state index >= 15 is 0 Å². The van der Waals surface area contributed by atoms with Crippen molar-refractivity contribution in [2.75, 3.05) is 0 Å². The maximum absolute atomic E-state index is 6.79. The van der Waals surface area contributed by atoms with Gasteiger partial charge in [-0.05, 0) is 77.0 Å². The monoisotopic (exact) mass is 519 g/mol. The summed E-state index contributed by atoms with van der Waals surface area (Å²) in [7, 11) is 0. The Morgan fingerprint density at radius 1 is 0.351 bits per heavy atom. The molecule has 0 spiro atoms. The standard InChI is InChI=1S/C36H70O/c1-5-9-13-15-17-19-21-23-25-27-29-33-35(31-11-7-3)37-36(32-12-8-4)34-30-28-26-24-22-20-18-16-14-10-6-2/h23-26,35-36H,5-22,27-34H2,1-4H3. The average molecular weight is 519 g/mol. The van der Waals surface area contributed by atoms with E-state index in [1.165, 1.54) is 167 Å². The Bertz CT molecular complexity index is 423. The SMILES string of the molecule is CCCCCCCCC=CCCCC(CCCC)OC(CCCC)CCCC=CCCCCCCCC. The Labute approximate surface area is 235 Å². The first-order valence-corrected chi connectivity index (χ1v) is 17.2. The third-order valence-electron chi connectivity index (χ3n) is 7.72. The molecule has 0 radical (unpaired) electrons. The highest BCUT2D eigenvalue weighted by atomic mass is 16.5. The second kappa shape index (κ2) is 31.7. The van der Waals surface area contributed by atoms with E-state index in [1.54, 1.807) is 0 Å². The molecule has 2 unspecified atom stereocenters. The van der Waals surface area contributed by atoms with Gasteiger partial charge < -0.3 is 4.74 Å². The van der Waals surface area contributed by atoms with Gasteiger partial charge in [-0.2, -0.15) is 0 Å². The van der Waals surface area contributed by atoms with Gasteiger partial charge in [0.05, 0.1) is 12.2 Å². The molecule has 0 aliphatic carbocycles. The molecule has 0 saturated heterocycles. The molecule has 0 aliphatic heterocycles. The predicted octanol–water partition coefficient (Wildman–Crippen LogP) is 13.1. The van der Waals surface area contributed by atoms with Gasteiger partial charge in [-0.3, -0.25) is 0 Å². The quantitative estimate of drug-likeness (QED) is 0.0678. The molecular formula is C36H70O. The summed E-state index contributed by atoms with van der Waals surface area (Å²) >= 11 is 0. The second-order valence-corrected chi connectivity index (χ2v) is 11.6. The summed E-state index contributed by atoms with van der Waals surface area (Å²) < 4.78 is 6.79. The molecule has 0 rings (SSSR count). The van der Waals surface area contributed by atoms with Crippen LogP contribution in [0.5, 0.6) is 0 Å². The van der Waals surface area contributed by atoms with Crippen LogP contribution in [0.25, 0.3) is 0 Å². The largest absolute Gasteiger partial charge is 0.375 e. The first kappa shape index (κ1) is 36.4. The zero-order chi connectivity index (χ0) is 27.1. The Hall–Kier alpha value is -0.560. The van der Waals surface area contributed by atoms with E-state index in [0.717, 1.165) is 0 Å². The van der Waals surface area contributed by atoms with E-state index in [0.29, 0.717) is 12.2 Å². The fourth-order valence-corrected chi connectivity index (χ4v) is 5.18. The molecule has 0 amide bonds. The summed E-state index contributed by atoms with van der Waals surface area (Å²) in [5, 5.41) is 0. The zero-order valence-corrected chi connectivity index (χ0v) is 26.3. The Balaban J connectivity index is 4.19. The van der Waals surface area contributed by atoms with Crippen LogP contribution in [0.2, 0.25) is 0 Å². The minimum Gasteiger partial charge on any atom is -0.375 e. The van der Waals surface area contributed by atoms with Crippen molar-refractivity contribution in [3.05, 3.63) is 24.3 Å². The van der Waals surface area contributed by atoms with Crippen LogP contribution in [0.3, 0.4) is 0 Å². The van der Waals surface area contributed by atoms with Crippen LogP contribution in [0, 0.1) is 0 Å². The van der Waals surface area contributed by atoms with Gasteiger partial charge in [0.1, 0.15) is 0 Å². The molecule has 1 nitrogen and oxygen atoms in total. The molecule has 1 heteroatoms. The first-order valence-electron chi connectivity index (χ1n) is 17.2. The van der Waals surface area contributed by atoms with E-state index < -0.39 is 0 Å². The number of hydrogen-bond donors (Lipinski definition) is 0. The van der Waals surface area contributed by atoms with Gasteiger partial charge in [0.25, 0.3) is 0 Å². The average Bonchev–Trinajstić information content (AvgIpc) is 2.91. The van der Waals surface area contributed by atoms with Gasteiger partial charge in [0.2, 0.25) is 0 Å². The fraction of sp³-hybridized carbons (Fsp3) is 0.889. The molecular weight excluding hydrogens is 448 g/mol. The summed E-state index contributed by atoms with van der Waals surface area (Å²) in [6.45, 7) is 9.22. The van der Waals surface area contributed by atoms with Crippen LogP contribution in [0.15, 0.2) is 24.3 Å². The van der Waals surface area contributed by atoms with Crippen molar-refractivity contribution in [2.45, 2.75) is 207 Å². The van der Waals surface area contributed by atoms with Gasteiger partial charge >= 0.3 is 0 Å². The molecule has 0 heterocycles. The maximum atomic E-state index is 6.79. The van der Waals surface area contributed by atoms with Crippen molar-refractivity contribution in [3.63, 3.8) is 0 Å². The van der Waals surface area contributed by atoms with E-state index in [-0.39, 0.29) is 0 Å². The van der Waals surface area contributed by atoms with E-state index in [9.17, 15) is 0 Å². The van der Waals surface area contributed by atoms with Crippen molar-refractivity contribution in [1.29, 1.82) is 0 Å². The van der Waals surface area contributed by atoms with Crippen LogP contribution >= 0.6 is 0 Å². The van der Waals surface area contributed by atoms with Gasteiger partial charge in [-0.1, -0.05) is 142 Å². The number of hydrogen-bond acceptors (Lipinski definition) is 1. The lowest BCUT2D eigenvalue weighted by Crippen LogP contribution is -2.22. The third kappa shape index (κ3) is 28.3. The molecule has 37 heavy (non-hydrogen) atoms. The van der Waals surface area contributed by atoms with Crippen LogP contribution in [0.4, 0.5) is 0 Å². The molecule has 0 aliphatic rings. The highest BCUT2D eigenvalue weighted by Gasteiger charge is 2.16. The maximum Gasteiger partial charge on any atom is 0.0579 e. The minimum absolute atomic E-state index is 0.469. The highest BCUT2D eigenvalue weighted by molar-refractivity contribution is 4.83. The molecule has 0 aromatic carbocycles. The normalized spacial score (nSPS) is 13.7. The number of allylic oxidation sites excluding steroid dienone is 4. The molecule has 220 valence electrons. The van der Waals surface area contributed by atoms with Crippen LogP contribution in [-0.2, 0) is 4.74 Å². The first-order chi connectivity index (χ1) is 18.3. The van der Waals surface area contributed by atoms with Crippen molar-refractivity contribution in [3.8, 4) is 0 Å². The summed E-state index contributed by atoms with van der Waals surface area (Å²) in [6, 6.07) is 0. The van der Waals surface area contributed by atoms with E-state index in [4.69, 9.17) is 4.74 Å². The van der Waals surface area contributed by atoms with E-state index in [2.05, 4.69) is 52.0 Å². The molecule has 2 atom stereocenters. The van der Waals surface area contributed by atoms with Gasteiger partial charge in [-0.25, -0.2) is 0 Å². The smallest absolute Gasteiger partial charge is 0.0579 e. The van der Waals surface area contributed by atoms with Crippen molar-refractivity contribution < 1.29 is 4.74 Å². The van der Waals surface area contributed by atoms with E-state index in [1.807, 2.05) is 0 Å². The molecule has 0 bridgehead atoms. The van der Waals surface area contributed by atoms with Gasteiger partial charge in [-0.15, -0.1) is 0 Å². The Morgan fingerprint density at radius 3 is 1.03 bits per heavy atom. The van der Waals surface area contributed by atoms with Gasteiger partial charge in [0.15, 0.2) is 0 Å². The molecule has 0 N–H and O–H groups in total.